The maximum atomic E-state index is 12.4. The number of fused-ring (bicyclic) bond motifs is 2. The van der Waals surface area contributed by atoms with Gasteiger partial charge in [-0.15, -0.1) is 0 Å². The topological polar surface area (TPSA) is 47.0 Å². The summed E-state index contributed by atoms with van der Waals surface area (Å²) in [4.78, 5) is 16.4. The molecular weight excluding hydrogens is 246 g/mol. The molecular formula is C14H17NO2S. The van der Waals surface area contributed by atoms with Crippen LogP contribution in [0, 0.1) is 5.92 Å². The first-order valence-corrected chi connectivity index (χ1v) is 7.87. The van der Waals surface area contributed by atoms with E-state index in [0.29, 0.717) is 5.56 Å². The molecule has 3 heterocycles. The van der Waals surface area contributed by atoms with Crippen molar-refractivity contribution in [3.05, 3.63) is 30.1 Å². The van der Waals surface area contributed by atoms with Crippen molar-refractivity contribution in [1.29, 1.82) is 0 Å². The number of carbonyl (C=O) groups is 1. The highest BCUT2D eigenvalue weighted by molar-refractivity contribution is 7.86. The SMILES string of the molecule is O=C(c1cccnc1)C1CC2CCCC(C1)S2=O. The van der Waals surface area contributed by atoms with Crippen LogP contribution in [0.2, 0.25) is 0 Å². The first-order chi connectivity index (χ1) is 8.75. The van der Waals surface area contributed by atoms with Crippen molar-refractivity contribution in [3.8, 4) is 0 Å². The lowest BCUT2D eigenvalue weighted by atomic mass is 9.85. The number of rotatable bonds is 2. The van der Waals surface area contributed by atoms with Crippen molar-refractivity contribution in [3.63, 3.8) is 0 Å². The molecule has 2 bridgehead atoms. The predicted octanol–water partition coefficient (Wildman–Crippen LogP) is 2.34. The summed E-state index contributed by atoms with van der Waals surface area (Å²) in [5.41, 5.74) is 0.702. The van der Waals surface area contributed by atoms with Gasteiger partial charge in [0.2, 0.25) is 0 Å². The average Bonchev–Trinajstić information content (AvgIpc) is 2.38. The molecule has 1 aromatic heterocycles. The van der Waals surface area contributed by atoms with Crippen LogP contribution in [0.15, 0.2) is 24.5 Å². The van der Waals surface area contributed by atoms with E-state index in [-0.39, 0.29) is 22.2 Å². The second kappa shape index (κ2) is 4.92. The number of carbonyl (C=O) groups excluding carboxylic acids is 1. The molecule has 2 aliphatic rings. The van der Waals surface area contributed by atoms with Gasteiger partial charge in [-0.1, -0.05) is 6.42 Å². The summed E-state index contributed by atoms with van der Waals surface area (Å²) in [6.07, 6.45) is 8.16. The number of Topliss-reactive ketones (excluding diaryl/α,β-unsaturated/α-hetero) is 1. The second-order valence-electron chi connectivity index (χ2n) is 5.28. The highest BCUT2D eigenvalue weighted by Gasteiger charge is 2.40. The molecule has 0 N–H and O–H groups in total. The van der Waals surface area contributed by atoms with Crippen LogP contribution < -0.4 is 0 Å². The zero-order valence-electron chi connectivity index (χ0n) is 10.2. The standard InChI is InChI=1S/C14H17NO2S/c16-14(10-3-2-6-15-9-10)11-7-12-4-1-5-13(8-11)18(12)17/h2-3,6,9,11-13H,1,4-5,7-8H2. The van der Waals surface area contributed by atoms with E-state index in [2.05, 4.69) is 4.98 Å². The Labute approximate surface area is 109 Å². The zero-order chi connectivity index (χ0) is 12.5. The van der Waals surface area contributed by atoms with E-state index in [1.54, 1.807) is 18.5 Å². The summed E-state index contributed by atoms with van der Waals surface area (Å²) >= 11 is 0. The Morgan fingerprint density at radius 3 is 2.61 bits per heavy atom. The van der Waals surface area contributed by atoms with Crippen LogP contribution in [-0.4, -0.2) is 25.5 Å². The van der Waals surface area contributed by atoms with Crippen LogP contribution >= 0.6 is 0 Å². The molecule has 18 heavy (non-hydrogen) atoms. The Hall–Kier alpha value is -1.03. The third-order valence-electron chi connectivity index (χ3n) is 4.12. The van der Waals surface area contributed by atoms with E-state index in [1.807, 2.05) is 6.07 Å². The third kappa shape index (κ3) is 2.14. The number of hydrogen-bond acceptors (Lipinski definition) is 3. The minimum atomic E-state index is -0.697. The van der Waals surface area contributed by atoms with Gasteiger partial charge in [0.1, 0.15) is 0 Å². The molecule has 2 atom stereocenters. The van der Waals surface area contributed by atoms with Gasteiger partial charge in [0, 0.05) is 45.2 Å². The Morgan fingerprint density at radius 2 is 2.00 bits per heavy atom. The molecule has 3 nitrogen and oxygen atoms in total. The highest BCUT2D eigenvalue weighted by atomic mass is 32.2. The fourth-order valence-electron chi connectivity index (χ4n) is 3.19. The molecule has 2 aliphatic heterocycles. The van der Waals surface area contributed by atoms with E-state index in [9.17, 15) is 9.00 Å². The molecule has 4 heteroatoms. The summed E-state index contributed by atoms with van der Waals surface area (Å²) < 4.78 is 12.1. The van der Waals surface area contributed by atoms with Gasteiger partial charge in [-0.25, -0.2) is 0 Å². The summed E-state index contributed by atoms with van der Waals surface area (Å²) in [6, 6.07) is 3.63. The van der Waals surface area contributed by atoms with Gasteiger partial charge in [0.25, 0.3) is 0 Å². The maximum Gasteiger partial charge on any atom is 0.167 e. The zero-order valence-corrected chi connectivity index (χ0v) is 11.1. The summed E-state index contributed by atoms with van der Waals surface area (Å²) in [6.45, 7) is 0. The van der Waals surface area contributed by atoms with Crippen LogP contribution in [0.1, 0.15) is 42.5 Å². The molecule has 1 aromatic rings. The molecule has 0 saturated carbocycles. The van der Waals surface area contributed by atoms with Crippen molar-refractivity contribution in [1.82, 2.24) is 4.98 Å². The molecule has 0 aromatic carbocycles. The van der Waals surface area contributed by atoms with Gasteiger partial charge in [0.05, 0.1) is 0 Å². The monoisotopic (exact) mass is 263 g/mol. The average molecular weight is 263 g/mol. The predicted molar refractivity (Wildman–Crippen MR) is 70.9 cm³/mol. The fourth-order valence-corrected chi connectivity index (χ4v) is 5.38. The Morgan fingerprint density at radius 1 is 1.28 bits per heavy atom. The van der Waals surface area contributed by atoms with Crippen LogP contribution in [0.4, 0.5) is 0 Å². The van der Waals surface area contributed by atoms with Crippen LogP contribution in [-0.2, 0) is 10.8 Å². The van der Waals surface area contributed by atoms with Gasteiger partial charge in [-0.2, -0.15) is 0 Å². The van der Waals surface area contributed by atoms with Gasteiger partial charge >= 0.3 is 0 Å². The minimum Gasteiger partial charge on any atom is -0.294 e. The minimum absolute atomic E-state index is 0.0576. The first kappa shape index (κ1) is 12.0. The number of hydrogen-bond donors (Lipinski definition) is 0. The lowest BCUT2D eigenvalue weighted by Gasteiger charge is -2.37. The first-order valence-electron chi connectivity index (χ1n) is 6.59. The van der Waals surface area contributed by atoms with Gasteiger partial charge in [-0.3, -0.25) is 14.0 Å². The van der Waals surface area contributed by atoms with E-state index in [0.717, 1.165) is 25.7 Å². The lowest BCUT2D eigenvalue weighted by Crippen LogP contribution is -2.41. The van der Waals surface area contributed by atoms with Crippen LogP contribution in [0.25, 0.3) is 0 Å². The van der Waals surface area contributed by atoms with Gasteiger partial charge in [0.15, 0.2) is 5.78 Å². The Bertz CT molecular complexity index is 458. The summed E-state index contributed by atoms with van der Waals surface area (Å²) in [5.74, 6) is 0.249. The largest absolute Gasteiger partial charge is 0.294 e. The maximum absolute atomic E-state index is 12.4. The molecule has 2 saturated heterocycles. The Kier molecular flexibility index (Phi) is 3.29. The number of nitrogens with zero attached hydrogens (tertiary/aromatic N) is 1. The van der Waals surface area contributed by atoms with Crippen molar-refractivity contribution in [2.24, 2.45) is 5.92 Å². The third-order valence-corrected chi connectivity index (χ3v) is 6.29. The molecule has 0 spiro atoms. The van der Waals surface area contributed by atoms with E-state index < -0.39 is 10.8 Å². The smallest absolute Gasteiger partial charge is 0.167 e. The highest BCUT2D eigenvalue weighted by Crippen LogP contribution is 2.38. The van der Waals surface area contributed by atoms with Gasteiger partial charge in [-0.05, 0) is 37.8 Å². The molecule has 0 aliphatic carbocycles. The molecule has 96 valence electrons. The van der Waals surface area contributed by atoms with Crippen molar-refractivity contribution < 1.29 is 9.00 Å². The number of ketones is 1. The quantitative estimate of drug-likeness (QED) is 0.769. The summed E-state index contributed by atoms with van der Waals surface area (Å²) in [7, 11) is -0.697. The van der Waals surface area contributed by atoms with Crippen LogP contribution in [0.3, 0.4) is 0 Å². The lowest BCUT2D eigenvalue weighted by molar-refractivity contribution is 0.0895. The van der Waals surface area contributed by atoms with E-state index >= 15 is 0 Å². The van der Waals surface area contributed by atoms with Crippen molar-refractivity contribution >= 4 is 16.6 Å². The number of pyridine rings is 1. The fraction of sp³-hybridized carbons (Fsp3) is 0.571. The van der Waals surface area contributed by atoms with Gasteiger partial charge < -0.3 is 0 Å². The Balaban J connectivity index is 1.78. The molecule has 0 radical (unpaired) electrons. The second-order valence-corrected chi connectivity index (χ2v) is 7.27. The summed E-state index contributed by atoms with van der Waals surface area (Å²) in [5, 5.41) is 0.506. The van der Waals surface area contributed by atoms with Crippen molar-refractivity contribution in [2.75, 3.05) is 0 Å². The normalized spacial score (nSPS) is 35.1. The van der Waals surface area contributed by atoms with Crippen LogP contribution in [0.5, 0.6) is 0 Å². The molecule has 2 fully saturated rings. The molecule has 2 unspecified atom stereocenters. The molecule has 0 amide bonds. The molecule has 3 rings (SSSR count). The number of aromatic nitrogens is 1. The van der Waals surface area contributed by atoms with Crippen molar-refractivity contribution in [2.45, 2.75) is 42.6 Å². The van der Waals surface area contributed by atoms with E-state index in [4.69, 9.17) is 0 Å². The van der Waals surface area contributed by atoms with E-state index in [1.165, 1.54) is 6.42 Å².